The summed E-state index contributed by atoms with van der Waals surface area (Å²) in [6, 6.07) is 14.0. The standard InChI is InChI=1S/C21H22ClNO3/c22-18-13-17(14-19-20(18)26-11-10-25-19)21(24)23-8-6-16(7-9-23)12-15-4-2-1-3-5-15/h1-5,13-14,16H,6-12H2. The Kier molecular flexibility index (Phi) is 5.02. The monoisotopic (exact) mass is 371 g/mol. The van der Waals surface area contributed by atoms with Gasteiger partial charge in [0.2, 0.25) is 0 Å². The van der Waals surface area contributed by atoms with Crippen LogP contribution in [0.4, 0.5) is 0 Å². The van der Waals surface area contributed by atoms with Crippen LogP contribution in [0, 0.1) is 5.92 Å². The van der Waals surface area contributed by atoms with Gasteiger partial charge in [0.25, 0.3) is 5.91 Å². The zero-order valence-electron chi connectivity index (χ0n) is 14.6. The summed E-state index contributed by atoms with van der Waals surface area (Å²) in [6.45, 7) is 2.52. The first kappa shape index (κ1) is 17.2. The first-order valence-corrected chi connectivity index (χ1v) is 9.51. The lowest BCUT2D eigenvalue weighted by Gasteiger charge is -2.32. The molecular weight excluding hydrogens is 350 g/mol. The molecule has 0 unspecified atom stereocenters. The minimum absolute atomic E-state index is 0.0158. The van der Waals surface area contributed by atoms with Crippen molar-refractivity contribution >= 4 is 17.5 Å². The van der Waals surface area contributed by atoms with Gasteiger partial charge in [0.1, 0.15) is 13.2 Å². The highest BCUT2D eigenvalue weighted by Gasteiger charge is 2.26. The molecule has 0 aromatic heterocycles. The van der Waals surface area contributed by atoms with E-state index in [4.69, 9.17) is 21.1 Å². The van der Waals surface area contributed by atoms with Crippen molar-refractivity contribution in [1.29, 1.82) is 0 Å². The molecule has 26 heavy (non-hydrogen) atoms. The van der Waals surface area contributed by atoms with Gasteiger partial charge in [0, 0.05) is 18.7 Å². The Balaban J connectivity index is 1.40. The van der Waals surface area contributed by atoms with Crippen LogP contribution in [0.1, 0.15) is 28.8 Å². The van der Waals surface area contributed by atoms with Crippen LogP contribution in [-0.2, 0) is 6.42 Å². The van der Waals surface area contributed by atoms with Gasteiger partial charge in [-0.3, -0.25) is 4.79 Å². The number of piperidine rings is 1. The minimum atomic E-state index is 0.0158. The number of hydrogen-bond donors (Lipinski definition) is 0. The van der Waals surface area contributed by atoms with Crippen molar-refractivity contribution in [2.45, 2.75) is 19.3 Å². The van der Waals surface area contributed by atoms with E-state index in [1.807, 2.05) is 11.0 Å². The van der Waals surface area contributed by atoms with Crippen LogP contribution in [0.15, 0.2) is 42.5 Å². The third-order valence-corrected chi connectivity index (χ3v) is 5.39. The number of halogens is 1. The number of benzene rings is 2. The molecule has 4 rings (SSSR count). The normalized spacial score (nSPS) is 17.2. The summed E-state index contributed by atoms with van der Waals surface area (Å²) in [6.07, 6.45) is 3.14. The molecule has 1 amide bonds. The van der Waals surface area contributed by atoms with Crippen LogP contribution in [0.2, 0.25) is 5.02 Å². The van der Waals surface area contributed by atoms with E-state index < -0.39 is 0 Å². The number of carbonyl (C=O) groups excluding carboxylic acids is 1. The maximum atomic E-state index is 12.9. The van der Waals surface area contributed by atoms with E-state index in [-0.39, 0.29) is 5.91 Å². The van der Waals surface area contributed by atoms with Gasteiger partial charge >= 0.3 is 0 Å². The fourth-order valence-electron chi connectivity index (χ4n) is 3.70. The van der Waals surface area contributed by atoms with Crippen LogP contribution in [0.5, 0.6) is 11.5 Å². The van der Waals surface area contributed by atoms with Gasteiger partial charge in [-0.2, -0.15) is 0 Å². The van der Waals surface area contributed by atoms with E-state index in [0.717, 1.165) is 32.4 Å². The van der Waals surface area contributed by atoms with Gasteiger partial charge in [-0.25, -0.2) is 0 Å². The largest absolute Gasteiger partial charge is 0.486 e. The quantitative estimate of drug-likeness (QED) is 0.811. The second kappa shape index (κ2) is 7.58. The Bertz CT molecular complexity index is 785. The van der Waals surface area contributed by atoms with Crippen molar-refractivity contribution in [3.8, 4) is 11.5 Å². The van der Waals surface area contributed by atoms with E-state index in [1.54, 1.807) is 12.1 Å². The first-order valence-electron chi connectivity index (χ1n) is 9.13. The van der Waals surface area contributed by atoms with Crippen LogP contribution < -0.4 is 9.47 Å². The van der Waals surface area contributed by atoms with E-state index in [9.17, 15) is 4.79 Å². The Labute approximate surface area is 158 Å². The van der Waals surface area contributed by atoms with Crippen molar-refractivity contribution in [2.24, 2.45) is 5.92 Å². The number of hydrogen-bond acceptors (Lipinski definition) is 3. The van der Waals surface area contributed by atoms with Crippen LogP contribution >= 0.6 is 11.6 Å². The average molecular weight is 372 g/mol. The predicted molar refractivity (Wildman–Crippen MR) is 101 cm³/mol. The van der Waals surface area contributed by atoms with Gasteiger partial charge in [-0.15, -0.1) is 0 Å². The Morgan fingerprint density at radius 1 is 1.08 bits per heavy atom. The highest BCUT2D eigenvalue weighted by atomic mass is 35.5. The van der Waals surface area contributed by atoms with Crippen molar-refractivity contribution in [1.82, 2.24) is 4.90 Å². The minimum Gasteiger partial charge on any atom is -0.486 e. The maximum Gasteiger partial charge on any atom is 0.254 e. The molecule has 2 aliphatic heterocycles. The second-order valence-corrected chi connectivity index (χ2v) is 7.31. The second-order valence-electron chi connectivity index (χ2n) is 6.91. The van der Waals surface area contributed by atoms with Crippen LogP contribution in [0.3, 0.4) is 0 Å². The third kappa shape index (κ3) is 3.65. The Morgan fingerprint density at radius 3 is 2.58 bits per heavy atom. The van der Waals surface area contributed by atoms with Gasteiger partial charge in [-0.05, 0) is 42.9 Å². The van der Waals surface area contributed by atoms with Gasteiger partial charge in [0.05, 0.1) is 5.02 Å². The predicted octanol–water partition coefficient (Wildman–Crippen LogP) is 4.21. The molecule has 0 atom stereocenters. The zero-order valence-corrected chi connectivity index (χ0v) is 15.4. The number of fused-ring (bicyclic) bond motifs is 1. The van der Waals surface area contributed by atoms with Gasteiger partial charge in [0.15, 0.2) is 11.5 Å². The maximum absolute atomic E-state index is 12.9. The number of carbonyl (C=O) groups is 1. The van der Waals surface area contributed by atoms with E-state index in [2.05, 4.69) is 24.3 Å². The van der Waals surface area contributed by atoms with Crippen LogP contribution in [-0.4, -0.2) is 37.1 Å². The van der Waals surface area contributed by atoms with E-state index >= 15 is 0 Å². The smallest absolute Gasteiger partial charge is 0.254 e. The zero-order chi connectivity index (χ0) is 17.9. The molecule has 136 valence electrons. The molecule has 2 aromatic carbocycles. The molecule has 0 N–H and O–H groups in total. The summed E-state index contributed by atoms with van der Waals surface area (Å²) in [4.78, 5) is 14.8. The highest BCUT2D eigenvalue weighted by Crippen LogP contribution is 2.38. The van der Waals surface area contributed by atoms with Crippen molar-refractivity contribution < 1.29 is 14.3 Å². The third-order valence-electron chi connectivity index (χ3n) is 5.11. The molecule has 0 spiro atoms. The summed E-state index contributed by atoms with van der Waals surface area (Å²) < 4.78 is 11.1. The lowest BCUT2D eigenvalue weighted by molar-refractivity contribution is 0.0689. The molecule has 0 bridgehead atoms. The number of nitrogens with zero attached hydrogens (tertiary/aromatic N) is 1. The fraction of sp³-hybridized carbons (Fsp3) is 0.381. The summed E-state index contributed by atoms with van der Waals surface area (Å²) in [5.41, 5.74) is 1.94. The molecule has 0 radical (unpaired) electrons. The van der Waals surface area contributed by atoms with Crippen molar-refractivity contribution in [3.63, 3.8) is 0 Å². The van der Waals surface area contributed by atoms with Crippen LogP contribution in [0.25, 0.3) is 0 Å². The van der Waals surface area contributed by atoms with E-state index in [1.165, 1.54) is 5.56 Å². The summed E-state index contributed by atoms with van der Waals surface area (Å²) >= 11 is 6.27. The van der Waals surface area contributed by atoms with Crippen molar-refractivity contribution in [2.75, 3.05) is 26.3 Å². The molecule has 5 heteroatoms. The average Bonchev–Trinajstić information content (AvgIpc) is 2.69. The van der Waals surface area contributed by atoms with Crippen molar-refractivity contribution in [3.05, 3.63) is 58.6 Å². The first-order chi connectivity index (χ1) is 12.7. The highest BCUT2D eigenvalue weighted by molar-refractivity contribution is 6.32. The molecule has 1 saturated heterocycles. The molecule has 0 aliphatic carbocycles. The van der Waals surface area contributed by atoms with Gasteiger partial charge < -0.3 is 14.4 Å². The Hall–Kier alpha value is -2.20. The SMILES string of the molecule is O=C(c1cc(Cl)c2c(c1)OCCO2)N1CCC(Cc2ccccc2)CC1. The lowest BCUT2D eigenvalue weighted by Crippen LogP contribution is -2.39. The fourth-order valence-corrected chi connectivity index (χ4v) is 3.97. The summed E-state index contributed by atoms with van der Waals surface area (Å²) in [5.74, 6) is 1.74. The molecule has 2 aliphatic rings. The number of rotatable bonds is 3. The Morgan fingerprint density at radius 2 is 1.81 bits per heavy atom. The number of ether oxygens (including phenoxy) is 2. The number of likely N-dealkylation sites (tertiary alicyclic amines) is 1. The number of amides is 1. The molecule has 2 aromatic rings. The molecule has 1 fully saturated rings. The topological polar surface area (TPSA) is 38.8 Å². The molecule has 0 saturated carbocycles. The molecule has 2 heterocycles. The molecular formula is C21H22ClNO3. The van der Waals surface area contributed by atoms with Gasteiger partial charge in [-0.1, -0.05) is 41.9 Å². The summed E-state index contributed by atoms with van der Waals surface area (Å²) in [5, 5.41) is 0.435. The molecule has 4 nitrogen and oxygen atoms in total. The van der Waals surface area contributed by atoms with E-state index in [0.29, 0.717) is 41.2 Å². The lowest BCUT2D eigenvalue weighted by atomic mass is 9.90. The summed E-state index contributed by atoms with van der Waals surface area (Å²) in [7, 11) is 0.